The Bertz CT molecular complexity index is 511. The third-order valence-corrected chi connectivity index (χ3v) is 3.75. The topological polar surface area (TPSA) is 63.4 Å². The first-order valence-corrected chi connectivity index (χ1v) is 7.45. The molecule has 21 heavy (non-hydrogen) atoms. The molecular formula is C17H22N2O2. The van der Waals surface area contributed by atoms with Crippen molar-refractivity contribution in [3.05, 3.63) is 48.0 Å². The molecule has 0 fully saturated rings. The maximum atomic E-state index is 12.4. The SMILES string of the molecule is NC(=O)CN(C(=O)CCc1ccccc1)C1C=CCCC1. The summed E-state index contributed by atoms with van der Waals surface area (Å²) in [4.78, 5) is 25.3. The number of benzene rings is 1. The lowest BCUT2D eigenvalue weighted by Crippen LogP contribution is -2.45. The van der Waals surface area contributed by atoms with Crippen LogP contribution in [-0.2, 0) is 16.0 Å². The smallest absolute Gasteiger partial charge is 0.237 e. The number of amides is 2. The zero-order valence-corrected chi connectivity index (χ0v) is 12.2. The fourth-order valence-electron chi connectivity index (χ4n) is 2.65. The van der Waals surface area contributed by atoms with Crippen LogP contribution in [0.1, 0.15) is 31.2 Å². The summed E-state index contributed by atoms with van der Waals surface area (Å²) in [5.74, 6) is -0.462. The molecule has 0 bridgehead atoms. The van der Waals surface area contributed by atoms with E-state index in [1.807, 2.05) is 36.4 Å². The van der Waals surface area contributed by atoms with E-state index in [1.54, 1.807) is 4.90 Å². The molecule has 0 spiro atoms. The third-order valence-electron chi connectivity index (χ3n) is 3.75. The maximum absolute atomic E-state index is 12.4. The molecule has 112 valence electrons. The molecule has 0 saturated heterocycles. The molecule has 4 nitrogen and oxygen atoms in total. The van der Waals surface area contributed by atoms with Gasteiger partial charge < -0.3 is 10.6 Å². The fourth-order valence-corrected chi connectivity index (χ4v) is 2.65. The number of carbonyl (C=O) groups excluding carboxylic acids is 2. The number of rotatable bonds is 6. The summed E-state index contributed by atoms with van der Waals surface area (Å²) in [7, 11) is 0. The van der Waals surface area contributed by atoms with Crippen molar-refractivity contribution >= 4 is 11.8 Å². The molecule has 2 amide bonds. The van der Waals surface area contributed by atoms with Gasteiger partial charge in [-0.1, -0.05) is 42.5 Å². The molecule has 1 aromatic rings. The number of carbonyl (C=O) groups is 2. The zero-order valence-electron chi connectivity index (χ0n) is 12.2. The van der Waals surface area contributed by atoms with Crippen LogP contribution in [0, 0.1) is 0 Å². The summed E-state index contributed by atoms with van der Waals surface area (Å²) in [6.45, 7) is 0.00261. The van der Waals surface area contributed by atoms with E-state index < -0.39 is 5.91 Å². The van der Waals surface area contributed by atoms with Crippen molar-refractivity contribution in [3.8, 4) is 0 Å². The lowest BCUT2D eigenvalue weighted by molar-refractivity contribution is -0.136. The Morgan fingerprint density at radius 3 is 2.62 bits per heavy atom. The minimum absolute atomic E-state index is 0.00261. The molecule has 4 heteroatoms. The highest BCUT2D eigenvalue weighted by molar-refractivity contribution is 5.84. The van der Waals surface area contributed by atoms with Gasteiger partial charge in [-0.25, -0.2) is 0 Å². The molecular weight excluding hydrogens is 264 g/mol. The van der Waals surface area contributed by atoms with E-state index in [1.165, 1.54) is 0 Å². The standard InChI is InChI=1S/C17H22N2O2/c18-16(20)13-19(15-9-5-2-6-10-15)17(21)12-11-14-7-3-1-4-8-14/h1,3-5,7-9,15H,2,6,10-13H2,(H2,18,20). The molecule has 0 heterocycles. The molecule has 0 radical (unpaired) electrons. The Balaban J connectivity index is 1.98. The summed E-state index contributed by atoms with van der Waals surface area (Å²) in [5, 5.41) is 0. The van der Waals surface area contributed by atoms with Gasteiger partial charge >= 0.3 is 0 Å². The van der Waals surface area contributed by atoms with Gasteiger partial charge in [-0.15, -0.1) is 0 Å². The van der Waals surface area contributed by atoms with Crippen LogP contribution in [0.25, 0.3) is 0 Å². The van der Waals surface area contributed by atoms with Gasteiger partial charge in [0.25, 0.3) is 0 Å². The molecule has 1 aromatic carbocycles. The van der Waals surface area contributed by atoms with Crippen LogP contribution in [0.5, 0.6) is 0 Å². The van der Waals surface area contributed by atoms with Crippen molar-refractivity contribution in [2.45, 2.75) is 38.1 Å². The first-order valence-electron chi connectivity index (χ1n) is 7.45. The fraction of sp³-hybridized carbons (Fsp3) is 0.412. The highest BCUT2D eigenvalue weighted by Gasteiger charge is 2.23. The Morgan fingerprint density at radius 2 is 2.00 bits per heavy atom. The van der Waals surface area contributed by atoms with E-state index in [2.05, 4.69) is 6.08 Å². The molecule has 0 aromatic heterocycles. The van der Waals surface area contributed by atoms with Crippen molar-refractivity contribution < 1.29 is 9.59 Å². The summed E-state index contributed by atoms with van der Waals surface area (Å²) < 4.78 is 0. The van der Waals surface area contributed by atoms with Crippen LogP contribution in [0.2, 0.25) is 0 Å². The van der Waals surface area contributed by atoms with Gasteiger partial charge in [0.15, 0.2) is 0 Å². The van der Waals surface area contributed by atoms with Crippen LogP contribution in [-0.4, -0.2) is 29.3 Å². The van der Waals surface area contributed by atoms with Crippen molar-refractivity contribution in [1.82, 2.24) is 4.90 Å². The lowest BCUT2D eigenvalue weighted by atomic mass is 10.0. The highest BCUT2D eigenvalue weighted by Crippen LogP contribution is 2.18. The quantitative estimate of drug-likeness (QED) is 0.813. The summed E-state index contributed by atoms with van der Waals surface area (Å²) in [6, 6.07) is 9.90. The van der Waals surface area contributed by atoms with Gasteiger partial charge in [0.1, 0.15) is 0 Å². The van der Waals surface area contributed by atoms with Gasteiger partial charge in [0, 0.05) is 6.42 Å². The molecule has 1 aliphatic carbocycles. The number of allylic oxidation sites excluding steroid dienone is 1. The van der Waals surface area contributed by atoms with Gasteiger partial charge in [-0.05, 0) is 31.2 Å². The Hall–Kier alpha value is -2.10. The second kappa shape index (κ2) is 7.62. The van der Waals surface area contributed by atoms with E-state index in [9.17, 15) is 9.59 Å². The van der Waals surface area contributed by atoms with Crippen molar-refractivity contribution in [2.24, 2.45) is 5.73 Å². The third kappa shape index (κ3) is 4.74. The predicted molar refractivity (Wildman–Crippen MR) is 82.4 cm³/mol. The lowest BCUT2D eigenvalue weighted by Gasteiger charge is -2.30. The van der Waals surface area contributed by atoms with Gasteiger partial charge in [-0.3, -0.25) is 9.59 Å². The average molecular weight is 286 g/mol. The van der Waals surface area contributed by atoms with Crippen LogP contribution >= 0.6 is 0 Å². The van der Waals surface area contributed by atoms with Crippen molar-refractivity contribution in [1.29, 1.82) is 0 Å². The summed E-state index contributed by atoms with van der Waals surface area (Å²) in [6.07, 6.45) is 8.18. The number of nitrogens with two attached hydrogens (primary N) is 1. The number of hydrogen-bond donors (Lipinski definition) is 1. The molecule has 0 aliphatic heterocycles. The first-order chi connectivity index (χ1) is 10.2. The summed E-state index contributed by atoms with van der Waals surface area (Å²) in [5.41, 5.74) is 6.42. The van der Waals surface area contributed by atoms with E-state index in [0.717, 1.165) is 24.8 Å². The second-order valence-corrected chi connectivity index (χ2v) is 5.40. The first kappa shape index (κ1) is 15.3. The van der Waals surface area contributed by atoms with Gasteiger partial charge in [-0.2, -0.15) is 0 Å². The Labute approximate surface area is 125 Å². The van der Waals surface area contributed by atoms with E-state index in [-0.39, 0.29) is 18.5 Å². The monoisotopic (exact) mass is 286 g/mol. The van der Waals surface area contributed by atoms with Crippen molar-refractivity contribution in [3.63, 3.8) is 0 Å². The number of nitrogens with zero attached hydrogens (tertiary/aromatic N) is 1. The normalized spacial score (nSPS) is 17.4. The van der Waals surface area contributed by atoms with Crippen molar-refractivity contribution in [2.75, 3.05) is 6.54 Å². The van der Waals surface area contributed by atoms with Gasteiger partial charge in [0.2, 0.25) is 11.8 Å². The Morgan fingerprint density at radius 1 is 1.24 bits per heavy atom. The molecule has 2 N–H and O–H groups in total. The van der Waals surface area contributed by atoms with E-state index in [4.69, 9.17) is 5.73 Å². The molecule has 0 saturated carbocycles. The average Bonchev–Trinajstić information content (AvgIpc) is 2.52. The van der Waals surface area contributed by atoms with E-state index in [0.29, 0.717) is 12.8 Å². The predicted octanol–water partition coefficient (Wildman–Crippen LogP) is 2.04. The number of hydrogen-bond acceptors (Lipinski definition) is 2. The summed E-state index contributed by atoms with van der Waals surface area (Å²) >= 11 is 0. The van der Waals surface area contributed by atoms with Gasteiger partial charge in [0.05, 0.1) is 12.6 Å². The molecule has 1 atom stereocenters. The number of primary amides is 1. The van der Waals surface area contributed by atoms with Crippen LogP contribution < -0.4 is 5.73 Å². The minimum Gasteiger partial charge on any atom is -0.368 e. The highest BCUT2D eigenvalue weighted by atomic mass is 16.2. The largest absolute Gasteiger partial charge is 0.368 e. The molecule has 1 aliphatic rings. The Kier molecular flexibility index (Phi) is 5.55. The van der Waals surface area contributed by atoms with E-state index >= 15 is 0 Å². The van der Waals surface area contributed by atoms with Crippen LogP contribution in [0.4, 0.5) is 0 Å². The zero-order chi connectivity index (χ0) is 15.1. The molecule has 1 unspecified atom stereocenters. The van der Waals surface area contributed by atoms with Crippen LogP contribution in [0.15, 0.2) is 42.5 Å². The minimum atomic E-state index is -0.456. The maximum Gasteiger partial charge on any atom is 0.237 e. The molecule has 2 rings (SSSR count). The second-order valence-electron chi connectivity index (χ2n) is 5.40. The van der Waals surface area contributed by atoms with Crippen LogP contribution in [0.3, 0.4) is 0 Å². The number of aryl methyl sites for hydroxylation is 1.